The minimum absolute atomic E-state index is 0.297. The van der Waals surface area contributed by atoms with Crippen LogP contribution in [0.2, 0.25) is 0 Å². The molecule has 0 atom stereocenters. The fourth-order valence-corrected chi connectivity index (χ4v) is 2.83. The molecule has 0 aliphatic carbocycles. The van der Waals surface area contributed by atoms with Crippen molar-refractivity contribution in [3.63, 3.8) is 0 Å². The van der Waals surface area contributed by atoms with Crippen LogP contribution < -0.4 is 11.1 Å². The average molecular weight is 331 g/mol. The zero-order valence-corrected chi connectivity index (χ0v) is 13.0. The van der Waals surface area contributed by atoms with Crippen molar-refractivity contribution in [2.45, 2.75) is 0 Å². The van der Waals surface area contributed by atoms with Gasteiger partial charge in [0.2, 0.25) is 0 Å². The molecule has 4 aromatic rings. The Bertz CT molecular complexity index is 1120. The lowest BCUT2D eigenvalue weighted by atomic mass is 10.1. The molecule has 0 aliphatic heterocycles. The Morgan fingerprint density at radius 3 is 2.60 bits per heavy atom. The Kier molecular flexibility index (Phi) is 3.39. The van der Waals surface area contributed by atoms with E-state index in [4.69, 9.17) is 5.73 Å². The molecular formula is C18H13N5O2. The van der Waals surface area contributed by atoms with Crippen molar-refractivity contribution in [1.29, 1.82) is 0 Å². The number of anilines is 1. The molecule has 0 aliphatic rings. The van der Waals surface area contributed by atoms with Crippen LogP contribution in [0.15, 0.2) is 55.1 Å². The van der Waals surface area contributed by atoms with Crippen molar-refractivity contribution in [3.05, 3.63) is 66.2 Å². The third-order valence-corrected chi connectivity index (χ3v) is 3.98. The van der Waals surface area contributed by atoms with Gasteiger partial charge < -0.3 is 16.0 Å². The minimum atomic E-state index is -0.491. The number of carbonyl (C=O) groups is 2. The maximum atomic E-state index is 12.2. The monoisotopic (exact) mass is 331 g/mol. The lowest BCUT2D eigenvalue weighted by Gasteiger charge is -2.04. The number of para-hydroxylation sites is 1. The minimum Gasteiger partial charge on any atom is -0.366 e. The number of H-pyrrole nitrogens is 1. The van der Waals surface area contributed by atoms with E-state index < -0.39 is 5.91 Å². The first-order chi connectivity index (χ1) is 12.1. The van der Waals surface area contributed by atoms with E-state index in [1.807, 2.05) is 18.2 Å². The largest absolute Gasteiger partial charge is 0.366 e. The van der Waals surface area contributed by atoms with E-state index in [2.05, 4.69) is 20.3 Å². The number of benzene rings is 2. The van der Waals surface area contributed by atoms with Crippen LogP contribution in [0.4, 0.5) is 5.69 Å². The van der Waals surface area contributed by atoms with Gasteiger partial charge in [-0.3, -0.25) is 9.59 Å². The highest BCUT2D eigenvalue weighted by atomic mass is 16.2. The zero-order valence-electron chi connectivity index (χ0n) is 13.0. The predicted octanol–water partition coefficient (Wildman–Crippen LogP) is 2.46. The number of aromatic amines is 1. The highest BCUT2D eigenvalue weighted by Gasteiger charge is 2.12. The number of hydrogen-bond donors (Lipinski definition) is 3. The summed E-state index contributed by atoms with van der Waals surface area (Å²) < 4.78 is 0. The lowest BCUT2D eigenvalue weighted by molar-refractivity contribution is 0.0998. The smallest absolute Gasteiger partial charge is 0.258 e. The fraction of sp³-hybridized carbons (Fsp3) is 0. The Labute approximate surface area is 141 Å². The Balaban J connectivity index is 1.75. The van der Waals surface area contributed by atoms with Gasteiger partial charge in [0.15, 0.2) is 0 Å². The third kappa shape index (κ3) is 2.57. The third-order valence-electron chi connectivity index (χ3n) is 3.98. The van der Waals surface area contributed by atoms with E-state index in [1.54, 1.807) is 18.2 Å². The first-order valence-corrected chi connectivity index (χ1v) is 7.54. The number of aromatic nitrogens is 3. The molecule has 7 heteroatoms. The standard InChI is InChI=1S/C18H13N5O2/c19-17(24)14-3-1-2-13-12-5-4-11(6-15(12)23-16(13)14)22-18(25)10-7-20-9-21-8-10/h1-9,23H,(H2,19,24)(H,22,25). The van der Waals surface area contributed by atoms with Crippen molar-refractivity contribution in [2.75, 3.05) is 5.32 Å². The molecule has 7 nitrogen and oxygen atoms in total. The normalized spacial score (nSPS) is 10.9. The van der Waals surface area contributed by atoms with Gasteiger partial charge in [0, 0.05) is 34.4 Å². The predicted molar refractivity (Wildman–Crippen MR) is 94.3 cm³/mol. The van der Waals surface area contributed by atoms with Crippen molar-refractivity contribution < 1.29 is 9.59 Å². The fourth-order valence-electron chi connectivity index (χ4n) is 2.83. The molecule has 2 aromatic heterocycles. The molecule has 0 saturated heterocycles. The molecule has 122 valence electrons. The maximum absolute atomic E-state index is 12.2. The summed E-state index contributed by atoms with van der Waals surface area (Å²) >= 11 is 0. The lowest BCUT2D eigenvalue weighted by Crippen LogP contribution is -2.12. The number of amides is 2. The molecular weight excluding hydrogens is 318 g/mol. The van der Waals surface area contributed by atoms with Crippen molar-refractivity contribution >= 4 is 39.3 Å². The van der Waals surface area contributed by atoms with E-state index in [0.29, 0.717) is 22.3 Å². The zero-order chi connectivity index (χ0) is 17.4. The first kappa shape index (κ1) is 14.8. The molecule has 4 N–H and O–H groups in total. The summed E-state index contributed by atoms with van der Waals surface area (Å²) in [4.78, 5) is 34.7. The SMILES string of the molecule is NC(=O)c1cccc2c1[nH]c1cc(NC(=O)c3cncnc3)ccc12. The van der Waals surface area contributed by atoms with Crippen LogP contribution in [0.25, 0.3) is 21.8 Å². The Morgan fingerprint density at radius 1 is 1.04 bits per heavy atom. The van der Waals surface area contributed by atoms with Gasteiger partial charge in [-0.05, 0) is 18.2 Å². The van der Waals surface area contributed by atoms with Crippen molar-refractivity contribution in [2.24, 2.45) is 5.73 Å². The molecule has 0 spiro atoms. The van der Waals surface area contributed by atoms with Gasteiger partial charge in [0.1, 0.15) is 6.33 Å². The highest BCUT2D eigenvalue weighted by molar-refractivity contribution is 6.15. The van der Waals surface area contributed by atoms with Crippen LogP contribution >= 0.6 is 0 Å². The van der Waals surface area contributed by atoms with Crippen LogP contribution in [0, 0.1) is 0 Å². The molecule has 25 heavy (non-hydrogen) atoms. The van der Waals surface area contributed by atoms with E-state index in [1.165, 1.54) is 18.7 Å². The number of rotatable bonds is 3. The molecule has 2 aromatic carbocycles. The summed E-state index contributed by atoms with van der Waals surface area (Å²) in [6, 6.07) is 10.9. The number of nitrogens with one attached hydrogen (secondary N) is 2. The molecule has 0 radical (unpaired) electrons. The van der Waals surface area contributed by atoms with Gasteiger partial charge in [-0.2, -0.15) is 0 Å². The molecule has 2 heterocycles. The number of nitrogens with two attached hydrogens (primary N) is 1. The Morgan fingerprint density at radius 2 is 1.84 bits per heavy atom. The van der Waals surface area contributed by atoms with Gasteiger partial charge in [-0.15, -0.1) is 0 Å². The summed E-state index contributed by atoms with van der Waals surface area (Å²) in [5.41, 5.74) is 8.34. The summed E-state index contributed by atoms with van der Waals surface area (Å²) in [5.74, 6) is -0.788. The number of fused-ring (bicyclic) bond motifs is 3. The quantitative estimate of drug-likeness (QED) is 0.535. The number of carbonyl (C=O) groups excluding carboxylic acids is 2. The summed E-state index contributed by atoms with van der Waals surface area (Å²) in [5, 5.41) is 4.65. The summed E-state index contributed by atoms with van der Waals surface area (Å²) in [6.45, 7) is 0. The van der Waals surface area contributed by atoms with Crippen LogP contribution in [0.5, 0.6) is 0 Å². The molecule has 0 fully saturated rings. The van der Waals surface area contributed by atoms with Gasteiger partial charge >= 0.3 is 0 Å². The van der Waals surface area contributed by atoms with E-state index in [9.17, 15) is 9.59 Å². The number of nitrogens with zero attached hydrogens (tertiary/aromatic N) is 2. The van der Waals surface area contributed by atoms with Gasteiger partial charge in [-0.25, -0.2) is 9.97 Å². The molecule has 2 amide bonds. The van der Waals surface area contributed by atoms with Crippen molar-refractivity contribution in [1.82, 2.24) is 15.0 Å². The number of primary amides is 1. The van der Waals surface area contributed by atoms with Gasteiger partial charge in [0.25, 0.3) is 11.8 Å². The molecule has 4 rings (SSSR count). The van der Waals surface area contributed by atoms with Gasteiger partial charge in [0.05, 0.1) is 16.6 Å². The maximum Gasteiger partial charge on any atom is 0.258 e. The van der Waals surface area contributed by atoms with E-state index in [-0.39, 0.29) is 5.91 Å². The van der Waals surface area contributed by atoms with Crippen LogP contribution in [0.3, 0.4) is 0 Å². The first-order valence-electron chi connectivity index (χ1n) is 7.54. The van der Waals surface area contributed by atoms with Crippen molar-refractivity contribution in [3.8, 4) is 0 Å². The molecule has 0 bridgehead atoms. The highest BCUT2D eigenvalue weighted by Crippen LogP contribution is 2.29. The summed E-state index contributed by atoms with van der Waals surface area (Å²) in [6.07, 6.45) is 4.26. The second-order valence-corrected chi connectivity index (χ2v) is 5.56. The number of hydrogen-bond acceptors (Lipinski definition) is 4. The topological polar surface area (TPSA) is 114 Å². The van der Waals surface area contributed by atoms with Crippen LogP contribution in [-0.4, -0.2) is 26.8 Å². The van der Waals surface area contributed by atoms with Crippen LogP contribution in [-0.2, 0) is 0 Å². The van der Waals surface area contributed by atoms with E-state index in [0.717, 1.165) is 16.3 Å². The second kappa shape index (κ2) is 5.72. The Hall–Kier alpha value is -3.74. The van der Waals surface area contributed by atoms with Gasteiger partial charge in [-0.1, -0.05) is 18.2 Å². The second-order valence-electron chi connectivity index (χ2n) is 5.56. The molecule has 0 saturated carbocycles. The molecule has 0 unspecified atom stereocenters. The summed E-state index contributed by atoms with van der Waals surface area (Å²) in [7, 11) is 0. The van der Waals surface area contributed by atoms with Crippen LogP contribution in [0.1, 0.15) is 20.7 Å². The van der Waals surface area contributed by atoms with E-state index >= 15 is 0 Å². The average Bonchev–Trinajstić information content (AvgIpc) is 3.00.